The summed E-state index contributed by atoms with van der Waals surface area (Å²) in [5.41, 5.74) is -0.113. The first-order chi connectivity index (χ1) is 7.18. The number of morpholine rings is 1. The lowest BCUT2D eigenvalue weighted by atomic mass is 10.1. The number of nitrogens with one attached hydrogen (secondary N) is 1. The molecule has 0 bridgehead atoms. The second-order valence-electron chi connectivity index (χ2n) is 4.79. The molecule has 0 radical (unpaired) electrons. The Kier molecular flexibility index (Phi) is 5.47. The molecular weight excluding hydrogens is 228 g/mol. The van der Waals surface area contributed by atoms with Crippen molar-refractivity contribution >= 4 is 12.4 Å². The number of hydrogen-bond donors (Lipinski definition) is 1. The van der Waals surface area contributed by atoms with Gasteiger partial charge < -0.3 is 9.47 Å². The summed E-state index contributed by atoms with van der Waals surface area (Å²) in [6.07, 6.45) is 1.05. The van der Waals surface area contributed by atoms with Gasteiger partial charge in [0.2, 0.25) is 0 Å². The van der Waals surface area contributed by atoms with Crippen molar-refractivity contribution in [3.8, 4) is 0 Å². The van der Waals surface area contributed by atoms with Gasteiger partial charge in [0.1, 0.15) is 5.72 Å². The van der Waals surface area contributed by atoms with E-state index in [0.717, 1.165) is 45.9 Å². The fourth-order valence-corrected chi connectivity index (χ4v) is 2.25. The van der Waals surface area contributed by atoms with E-state index >= 15 is 0 Å². The van der Waals surface area contributed by atoms with Gasteiger partial charge in [0.05, 0.1) is 19.8 Å². The van der Waals surface area contributed by atoms with Crippen molar-refractivity contribution in [2.45, 2.75) is 32.0 Å². The van der Waals surface area contributed by atoms with Gasteiger partial charge in [-0.25, -0.2) is 0 Å². The monoisotopic (exact) mass is 250 g/mol. The highest BCUT2D eigenvalue weighted by Gasteiger charge is 2.33. The van der Waals surface area contributed by atoms with Crippen molar-refractivity contribution in [3.63, 3.8) is 0 Å². The molecule has 2 rings (SSSR count). The summed E-state index contributed by atoms with van der Waals surface area (Å²) in [6, 6.07) is 0.486. The Labute approximate surface area is 104 Å². The first-order valence-electron chi connectivity index (χ1n) is 5.90. The van der Waals surface area contributed by atoms with Gasteiger partial charge in [-0.2, -0.15) is 0 Å². The molecule has 2 aliphatic heterocycles. The molecule has 16 heavy (non-hydrogen) atoms. The van der Waals surface area contributed by atoms with E-state index in [1.165, 1.54) is 0 Å². The van der Waals surface area contributed by atoms with Gasteiger partial charge in [0, 0.05) is 32.1 Å². The van der Waals surface area contributed by atoms with Crippen LogP contribution in [0.15, 0.2) is 0 Å². The molecule has 4 nitrogen and oxygen atoms in total. The third-order valence-electron chi connectivity index (χ3n) is 3.21. The van der Waals surface area contributed by atoms with E-state index < -0.39 is 0 Å². The molecule has 0 aromatic heterocycles. The van der Waals surface area contributed by atoms with Crippen LogP contribution in [0, 0.1) is 0 Å². The summed E-state index contributed by atoms with van der Waals surface area (Å²) in [7, 11) is 0. The quantitative estimate of drug-likeness (QED) is 0.806. The summed E-state index contributed by atoms with van der Waals surface area (Å²) in [4.78, 5) is 2.45. The highest BCUT2D eigenvalue weighted by Crippen LogP contribution is 2.19. The highest BCUT2D eigenvalue weighted by atomic mass is 35.5. The minimum absolute atomic E-state index is 0. The van der Waals surface area contributed by atoms with Crippen molar-refractivity contribution in [1.82, 2.24) is 10.2 Å². The van der Waals surface area contributed by atoms with Crippen molar-refractivity contribution in [3.05, 3.63) is 0 Å². The van der Waals surface area contributed by atoms with E-state index in [4.69, 9.17) is 9.47 Å². The number of halogens is 1. The average molecular weight is 251 g/mol. The normalized spacial score (nSPS) is 36.0. The Morgan fingerprint density at radius 2 is 2.06 bits per heavy atom. The van der Waals surface area contributed by atoms with E-state index in [2.05, 4.69) is 24.1 Å². The number of rotatable bonds is 3. The van der Waals surface area contributed by atoms with E-state index in [9.17, 15) is 0 Å². The van der Waals surface area contributed by atoms with Gasteiger partial charge >= 0.3 is 0 Å². The van der Waals surface area contributed by atoms with Crippen LogP contribution in [-0.2, 0) is 9.47 Å². The molecule has 0 aromatic rings. The SMILES string of the molecule is CC1COC(C)(CCN2CCOCC2)N1.Cl. The Morgan fingerprint density at radius 1 is 1.38 bits per heavy atom. The van der Waals surface area contributed by atoms with Crippen LogP contribution in [0.2, 0.25) is 0 Å². The fourth-order valence-electron chi connectivity index (χ4n) is 2.25. The minimum Gasteiger partial charge on any atom is -0.379 e. The van der Waals surface area contributed by atoms with Crippen molar-refractivity contribution in [1.29, 1.82) is 0 Å². The third kappa shape index (κ3) is 3.86. The minimum atomic E-state index is -0.113. The Hall–Kier alpha value is 0.130. The smallest absolute Gasteiger partial charge is 0.117 e. The molecule has 0 saturated carbocycles. The van der Waals surface area contributed by atoms with Crippen LogP contribution >= 0.6 is 12.4 Å². The van der Waals surface area contributed by atoms with Crippen LogP contribution in [0.4, 0.5) is 0 Å². The van der Waals surface area contributed by atoms with Crippen LogP contribution in [0.3, 0.4) is 0 Å². The van der Waals surface area contributed by atoms with Crippen LogP contribution in [0.5, 0.6) is 0 Å². The Balaban J connectivity index is 0.00000128. The van der Waals surface area contributed by atoms with Gasteiger partial charge in [0.25, 0.3) is 0 Å². The van der Waals surface area contributed by atoms with Gasteiger partial charge in [-0.15, -0.1) is 12.4 Å². The summed E-state index contributed by atoms with van der Waals surface area (Å²) >= 11 is 0. The van der Waals surface area contributed by atoms with E-state index in [0.29, 0.717) is 6.04 Å². The molecule has 0 aromatic carbocycles. The molecule has 96 valence electrons. The molecule has 2 fully saturated rings. The topological polar surface area (TPSA) is 33.7 Å². The summed E-state index contributed by atoms with van der Waals surface area (Å²) in [5, 5.41) is 3.49. The van der Waals surface area contributed by atoms with Crippen molar-refractivity contribution in [2.75, 3.05) is 39.5 Å². The summed E-state index contributed by atoms with van der Waals surface area (Å²) in [6.45, 7) is 10.1. The molecule has 1 N–H and O–H groups in total. The van der Waals surface area contributed by atoms with E-state index in [1.54, 1.807) is 0 Å². The zero-order valence-corrected chi connectivity index (χ0v) is 11.0. The molecular formula is C11H23ClN2O2. The van der Waals surface area contributed by atoms with Gasteiger partial charge in [-0.3, -0.25) is 10.2 Å². The summed E-state index contributed by atoms with van der Waals surface area (Å²) < 4.78 is 11.1. The largest absolute Gasteiger partial charge is 0.379 e. The maximum Gasteiger partial charge on any atom is 0.117 e. The standard InChI is InChI=1S/C11H22N2O2.ClH/c1-10-9-15-11(2,12-10)3-4-13-5-7-14-8-6-13;/h10,12H,3-9H2,1-2H3;1H. The lowest BCUT2D eigenvalue weighted by Crippen LogP contribution is -2.45. The average Bonchev–Trinajstić information content (AvgIpc) is 2.58. The maximum atomic E-state index is 5.77. The van der Waals surface area contributed by atoms with Crippen LogP contribution in [-0.4, -0.2) is 56.1 Å². The Morgan fingerprint density at radius 3 is 2.62 bits per heavy atom. The van der Waals surface area contributed by atoms with Crippen molar-refractivity contribution in [2.24, 2.45) is 0 Å². The predicted octanol–water partition coefficient (Wildman–Crippen LogP) is 0.855. The second kappa shape index (κ2) is 6.17. The third-order valence-corrected chi connectivity index (χ3v) is 3.21. The molecule has 0 spiro atoms. The number of hydrogen-bond acceptors (Lipinski definition) is 4. The van der Waals surface area contributed by atoms with Crippen LogP contribution < -0.4 is 5.32 Å². The predicted molar refractivity (Wildman–Crippen MR) is 66.1 cm³/mol. The van der Waals surface area contributed by atoms with E-state index in [1.807, 2.05) is 0 Å². The van der Waals surface area contributed by atoms with Crippen molar-refractivity contribution < 1.29 is 9.47 Å². The molecule has 2 aliphatic rings. The Bertz CT molecular complexity index is 212. The molecule has 5 heteroatoms. The van der Waals surface area contributed by atoms with E-state index in [-0.39, 0.29) is 18.1 Å². The first-order valence-corrected chi connectivity index (χ1v) is 5.90. The zero-order chi connectivity index (χ0) is 10.7. The van der Waals surface area contributed by atoms with Crippen LogP contribution in [0.1, 0.15) is 20.3 Å². The number of ether oxygens (including phenoxy) is 2. The fraction of sp³-hybridized carbons (Fsp3) is 1.00. The lowest BCUT2D eigenvalue weighted by Gasteiger charge is -2.31. The van der Waals surface area contributed by atoms with Gasteiger partial charge in [-0.05, 0) is 13.8 Å². The second-order valence-corrected chi connectivity index (χ2v) is 4.79. The zero-order valence-electron chi connectivity index (χ0n) is 10.2. The molecule has 2 unspecified atom stereocenters. The molecule has 2 atom stereocenters. The molecule has 2 saturated heterocycles. The first kappa shape index (κ1) is 14.2. The summed E-state index contributed by atoms with van der Waals surface area (Å²) in [5.74, 6) is 0. The van der Waals surface area contributed by atoms with Gasteiger partial charge in [-0.1, -0.05) is 0 Å². The highest BCUT2D eigenvalue weighted by molar-refractivity contribution is 5.85. The van der Waals surface area contributed by atoms with Gasteiger partial charge in [0.15, 0.2) is 0 Å². The molecule has 0 aliphatic carbocycles. The lowest BCUT2D eigenvalue weighted by molar-refractivity contribution is -0.0200. The maximum absolute atomic E-state index is 5.77. The molecule has 2 heterocycles. The number of nitrogens with zero attached hydrogens (tertiary/aromatic N) is 1. The molecule has 0 amide bonds. The van der Waals surface area contributed by atoms with Crippen LogP contribution in [0.25, 0.3) is 0 Å².